The zero-order chi connectivity index (χ0) is 14.3. The van der Waals surface area contributed by atoms with E-state index in [-0.39, 0.29) is 11.5 Å². The minimum absolute atomic E-state index is 0.120. The van der Waals surface area contributed by atoms with Crippen LogP contribution in [0.2, 0.25) is 0 Å². The standard InChI is InChI=1S/C14H20BrNO2S/c1-14(2)9-3-4-12(13(14)16)19(17,18)11-7-5-10(15)6-8-11/h5-8,12-13H,3-4,9,16H2,1-2H3. The molecule has 2 N–H and O–H groups in total. The maximum Gasteiger partial charge on any atom is 0.182 e. The van der Waals surface area contributed by atoms with E-state index in [0.717, 1.165) is 17.3 Å². The summed E-state index contributed by atoms with van der Waals surface area (Å²) in [6.07, 6.45) is 2.56. The first-order valence-corrected chi connectivity index (χ1v) is 8.84. The molecule has 1 aliphatic carbocycles. The number of benzene rings is 1. The summed E-state index contributed by atoms with van der Waals surface area (Å²) in [4.78, 5) is 0.369. The highest BCUT2D eigenvalue weighted by Gasteiger charge is 2.43. The molecule has 0 spiro atoms. The third-order valence-corrected chi connectivity index (χ3v) is 6.94. The monoisotopic (exact) mass is 345 g/mol. The van der Waals surface area contributed by atoms with E-state index in [0.29, 0.717) is 11.3 Å². The highest BCUT2D eigenvalue weighted by molar-refractivity contribution is 9.10. The van der Waals surface area contributed by atoms with Gasteiger partial charge in [-0.2, -0.15) is 0 Å². The van der Waals surface area contributed by atoms with Crippen molar-refractivity contribution in [3.8, 4) is 0 Å². The normalized spacial score (nSPS) is 27.2. The fraction of sp³-hybridized carbons (Fsp3) is 0.571. The Hall–Kier alpha value is -0.390. The van der Waals surface area contributed by atoms with Crippen LogP contribution in [0.15, 0.2) is 33.6 Å². The Balaban J connectivity index is 2.36. The van der Waals surface area contributed by atoms with Crippen LogP contribution in [-0.2, 0) is 9.84 Å². The van der Waals surface area contributed by atoms with E-state index in [1.165, 1.54) is 0 Å². The van der Waals surface area contributed by atoms with Crippen LogP contribution in [0.25, 0.3) is 0 Å². The zero-order valence-electron chi connectivity index (χ0n) is 11.3. The third kappa shape index (κ3) is 2.88. The van der Waals surface area contributed by atoms with Gasteiger partial charge in [0.05, 0.1) is 10.1 Å². The quantitative estimate of drug-likeness (QED) is 0.895. The topological polar surface area (TPSA) is 60.2 Å². The van der Waals surface area contributed by atoms with Gasteiger partial charge in [-0.15, -0.1) is 0 Å². The van der Waals surface area contributed by atoms with Crippen LogP contribution in [0.5, 0.6) is 0 Å². The predicted molar refractivity (Wildman–Crippen MR) is 80.7 cm³/mol. The average molecular weight is 346 g/mol. The largest absolute Gasteiger partial charge is 0.326 e. The third-order valence-electron chi connectivity index (χ3n) is 4.15. The molecule has 3 nitrogen and oxygen atoms in total. The molecule has 1 fully saturated rings. The second kappa shape index (κ2) is 5.19. The molecule has 0 amide bonds. The number of halogens is 1. The Morgan fingerprint density at radius 2 is 1.84 bits per heavy atom. The van der Waals surface area contributed by atoms with Crippen molar-refractivity contribution in [2.75, 3.05) is 0 Å². The molecule has 1 aromatic rings. The maximum atomic E-state index is 12.7. The van der Waals surface area contributed by atoms with Crippen molar-refractivity contribution in [3.05, 3.63) is 28.7 Å². The van der Waals surface area contributed by atoms with Crippen LogP contribution in [0.1, 0.15) is 33.1 Å². The van der Waals surface area contributed by atoms with Crippen LogP contribution in [0.3, 0.4) is 0 Å². The van der Waals surface area contributed by atoms with Gasteiger partial charge in [-0.05, 0) is 42.5 Å². The van der Waals surface area contributed by atoms with E-state index >= 15 is 0 Å². The van der Waals surface area contributed by atoms with E-state index in [9.17, 15) is 8.42 Å². The fourth-order valence-corrected chi connectivity index (χ4v) is 5.12. The Bertz CT molecular complexity index is 551. The number of rotatable bonds is 2. The number of hydrogen-bond acceptors (Lipinski definition) is 3. The summed E-state index contributed by atoms with van der Waals surface area (Å²) in [5.41, 5.74) is 6.10. The number of nitrogens with two attached hydrogens (primary N) is 1. The molecule has 1 saturated carbocycles. The Labute approximate surface area is 123 Å². The second-order valence-electron chi connectivity index (χ2n) is 5.94. The van der Waals surface area contributed by atoms with Crippen LogP contribution in [0, 0.1) is 5.41 Å². The first kappa shape index (κ1) is 15.0. The van der Waals surface area contributed by atoms with Crippen molar-refractivity contribution in [1.82, 2.24) is 0 Å². The Kier molecular flexibility index (Phi) is 4.10. The molecule has 1 aromatic carbocycles. The molecule has 0 aliphatic heterocycles. The van der Waals surface area contributed by atoms with Gasteiger partial charge in [0.25, 0.3) is 0 Å². The van der Waals surface area contributed by atoms with Gasteiger partial charge >= 0.3 is 0 Å². The molecule has 1 aliphatic rings. The molecule has 0 radical (unpaired) electrons. The predicted octanol–water partition coefficient (Wildman–Crippen LogP) is 3.13. The summed E-state index contributed by atoms with van der Waals surface area (Å²) >= 11 is 3.32. The molecule has 0 heterocycles. The van der Waals surface area contributed by atoms with Crippen molar-refractivity contribution in [2.45, 2.75) is 49.3 Å². The molecule has 0 bridgehead atoms. The summed E-state index contributed by atoms with van der Waals surface area (Å²) < 4.78 is 26.3. The van der Waals surface area contributed by atoms with Crippen LogP contribution >= 0.6 is 15.9 Å². The molecule has 0 aromatic heterocycles. The number of sulfone groups is 1. The lowest BCUT2D eigenvalue weighted by atomic mass is 9.73. The van der Waals surface area contributed by atoms with Gasteiger partial charge in [0.2, 0.25) is 0 Å². The van der Waals surface area contributed by atoms with E-state index in [2.05, 4.69) is 29.8 Å². The summed E-state index contributed by atoms with van der Waals surface area (Å²) in [5.74, 6) is 0. The van der Waals surface area contributed by atoms with Crippen molar-refractivity contribution < 1.29 is 8.42 Å². The van der Waals surface area contributed by atoms with Gasteiger partial charge < -0.3 is 5.73 Å². The van der Waals surface area contributed by atoms with Gasteiger partial charge in [0.15, 0.2) is 9.84 Å². The van der Waals surface area contributed by atoms with Crippen molar-refractivity contribution >= 4 is 25.8 Å². The number of hydrogen-bond donors (Lipinski definition) is 1. The van der Waals surface area contributed by atoms with Crippen molar-refractivity contribution in [1.29, 1.82) is 0 Å². The zero-order valence-corrected chi connectivity index (χ0v) is 13.7. The second-order valence-corrected chi connectivity index (χ2v) is 9.03. The molecule has 19 heavy (non-hydrogen) atoms. The molecular weight excluding hydrogens is 326 g/mol. The molecule has 5 heteroatoms. The van der Waals surface area contributed by atoms with Gasteiger partial charge in [0.1, 0.15) is 0 Å². The van der Waals surface area contributed by atoms with Crippen molar-refractivity contribution in [2.24, 2.45) is 11.1 Å². The van der Waals surface area contributed by atoms with Gasteiger partial charge in [-0.1, -0.05) is 36.2 Å². The Morgan fingerprint density at radius 3 is 2.42 bits per heavy atom. The van der Waals surface area contributed by atoms with Crippen LogP contribution in [0.4, 0.5) is 0 Å². The van der Waals surface area contributed by atoms with Crippen molar-refractivity contribution in [3.63, 3.8) is 0 Å². The highest BCUT2D eigenvalue weighted by Crippen LogP contribution is 2.39. The summed E-state index contributed by atoms with van der Waals surface area (Å²) in [6, 6.07) is 6.50. The summed E-state index contributed by atoms with van der Waals surface area (Å²) in [6.45, 7) is 4.11. The maximum absolute atomic E-state index is 12.7. The summed E-state index contributed by atoms with van der Waals surface area (Å²) in [5, 5.41) is -0.475. The first-order valence-electron chi connectivity index (χ1n) is 6.50. The Morgan fingerprint density at radius 1 is 1.26 bits per heavy atom. The van der Waals surface area contributed by atoms with E-state index in [1.54, 1.807) is 24.3 Å². The molecule has 2 unspecified atom stereocenters. The molecule has 106 valence electrons. The fourth-order valence-electron chi connectivity index (χ4n) is 2.76. The lowest BCUT2D eigenvalue weighted by molar-refractivity contribution is 0.204. The lowest BCUT2D eigenvalue weighted by Gasteiger charge is -2.41. The lowest BCUT2D eigenvalue weighted by Crippen LogP contribution is -2.52. The smallest absolute Gasteiger partial charge is 0.182 e. The first-order chi connectivity index (χ1) is 8.75. The van der Waals surface area contributed by atoms with Gasteiger partial charge in [-0.25, -0.2) is 8.42 Å². The molecule has 2 rings (SSSR count). The summed E-state index contributed by atoms with van der Waals surface area (Å²) in [7, 11) is -3.34. The van der Waals surface area contributed by atoms with E-state index in [1.807, 2.05) is 0 Å². The van der Waals surface area contributed by atoms with E-state index in [4.69, 9.17) is 5.73 Å². The minimum Gasteiger partial charge on any atom is -0.326 e. The SMILES string of the molecule is CC1(C)CCCC(S(=O)(=O)c2ccc(Br)cc2)C1N. The van der Waals surface area contributed by atoms with Crippen LogP contribution in [-0.4, -0.2) is 19.7 Å². The highest BCUT2D eigenvalue weighted by atomic mass is 79.9. The minimum atomic E-state index is -3.34. The van der Waals surface area contributed by atoms with Crippen LogP contribution < -0.4 is 5.73 Å². The average Bonchev–Trinajstić information content (AvgIpc) is 2.33. The van der Waals surface area contributed by atoms with E-state index < -0.39 is 15.1 Å². The molecule has 2 atom stereocenters. The molecule has 0 saturated heterocycles. The molecular formula is C14H20BrNO2S. The van der Waals surface area contributed by atoms with Gasteiger partial charge in [0, 0.05) is 10.5 Å². The van der Waals surface area contributed by atoms with Gasteiger partial charge in [-0.3, -0.25) is 0 Å².